The Labute approximate surface area is 397 Å². The first-order valence-electron chi connectivity index (χ1n) is 19.2. The minimum Gasteiger partial charge on any atom is -0.497 e. The van der Waals surface area contributed by atoms with Gasteiger partial charge in [0.2, 0.25) is 20.0 Å². The quantitative estimate of drug-likeness (QED) is 0.131. The first-order valence-corrected chi connectivity index (χ1v) is 25.4. The van der Waals surface area contributed by atoms with Crippen LogP contribution in [0.1, 0.15) is 11.1 Å². The van der Waals surface area contributed by atoms with Crippen molar-refractivity contribution in [2.75, 3.05) is 69.3 Å². The number of ether oxygens (including phenoxy) is 1. The van der Waals surface area contributed by atoms with Gasteiger partial charge < -0.3 is 14.5 Å². The van der Waals surface area contributed by atoms with Crippen LogP contribution in [0.15, 0.2) is 110 Å². The zero-order chi connectivity index (χ0) is 46.9. The summed E-state index contributed by atoms with van der Waals surface area (Å²) in [5, 5.41) is 4.86. The predicted molar refractivity (Wildman–Crippen MR) is 244 cm³/mol. The van der Waals surface area contributed by atoms with Gasteiger partial charge in [0, 0.05) is 78.7 Å². The van der Waals surface area contributed by atoms with Gasteiger partial charge in [0.25, 0.3) is 0 Å². The van der Waals surface area contributed by atoms with Crippen LogP contribution < -0.4 is 14.5 Å². The number of benzene rings is 4. The molecule has 11 nitrogen and oxygen atoms in total. The second kappa shape index (κ2) is 19.7. The first kappa shape index (κ1) is 48.9. The van der Waals surface area contributed by atoms with Gasteiger partial charge in [-0.1, -0.05) is 63.4 Å². The number of alkyl halides is 6. The fraction of sp³-hybridized carbons (Fsp3) is 0.268. The summed E-state index contributed by atoms with van der Waals surface area (Å²) in [7, 11) is -6.76. The Bertz CT molecular complexity index is 2890. The molecule has 6 aromatic rings. The lowest BCUT2D eigenvalue weighted by Gasteiger charge is -2.34. The van der Waals surface area contributed by atoms with Gasteiger partial charge in [-0.3, -0.25) is 0 Å². The minimum atomic E-state index is -4.67. The van der Waals surface area contributed by atoms with E-state index in [2.05, 4.69) is 25.9 Å². The van der Waals surface area contributed by atoms with Crippen LogP contribution in [0.3, 0.4) is 0 Å². The van der Waals surface area contributed by atoms with Crippen LogP contribution in [0.2, 0.25) is 10.0 Å². The maximum absolute atomic E-state index is 13.1. The molecule has 2 saturated heterocycles. The van der Waals surface area contributed by atoms with Crippen LogP contribution in [0, 0.1) is 0 Å². The van der Waals surface area contributed by atoms with E-state index in [1.807, 2.05) is 69.1 Å². The summed E-state index contributed by atoms with van der Waals surface area (Å²) < 4.78 is 139. The number of anilines is 2. The molecule has 2 aliphatic rings. The van der Waals surface area contributed by atoms with Crippen LogP contribution in [0.4, 0.5) is 36.6 Å². The SMILES string of the molecule is COc1cccc(-c2csc(N3CCN(S(=O)(=O)c4cc(C(F)(F)F)ccc4Cl)CC3)n2)c1.O=S(=O)(c1cc(C(F)(F)F)ccc1Cl)N1CCN(c2nc(-c3cccc(Br)c3)cs2)CC1. The lowest BCUT2D eigenvalue weighted by molar-refractivity contribution is -0.138. The summed E-state index contributed by atoms with van der Waals surface area (Å²) in [6, 6.07) is 19.9. The van der Waals surface area contributed by atoms with Crippen molar-refractivity contribution in [3.63, 3.8) is 0 Å². The normalized spacial score (nSPS) is 15.7. The maximum Gasteiger partial charge on any atom is 0.416 e. The van der Waals surface area contributed by atoms with Crippen LogP contribution >= 0.6 is 61.8 Å². The number of nitrogens with zero attached hydrogens (tertiary/aromatic N) is 6. The molecule has 4 heterocycles. The second-order valence-electron chi connectivity index (χ2n) is 14.3. The molecular formula is C41H35BrCl2F6N6O5S4. The zero-order valence-electron chi connectivity index (χ0n) is 33.7. The molecule has 2 aliphatic heterocycles. The van der Waals surface area contributed by atoms with Crippen LogP contribution in [-0.2, 0) is 32.4 Å². The molecular weight excluding hydrogens is 1050 g/mol. The summed E-state index contributed by atoms with van der Waals surface area (Å²) in [4.78, 5) is 12.1. The average molecular weight is 1080 g/mol. The molecule has 0 spiro atoms. The van der Waals surface area contributed by atoms with E-state index in [-0.39, 0.29) is 36.2 Å². The van der Waals surface area contributed by atoms with Gasteiger partial charge in [-0.05, 0) is 60.7 Å². The molecule has 0 N–H and O–H groups in total. The average Bonchev–Trinajstić information content (AvgIpc) is 3.98. The molecule has 0 aliphatic carbocycles. The summed E-state index contributed by atoms with van der Waals surface area (Å²) >= 11 is 18.2. The van der Waals surface area contributed by atoms with E-state index in [0.717, 1.165) is 70.1 Å². The van der Waals surface area contributed by atoms with Crippen LogP contribution in [0.25, 0.3) is 22.5 Å². The molecule has 0 amide bonds. The number of thiazole rings is 2. The lowest BCUT2D eigenvalue weighted by Crippen LogP contribution is -2.48. The molecule has 346 valence electrons. The Morgan fingerprint density at radius 2 is 1.02 bits per heavy atom. The van der Waals surface area contributed by atoms with Gasteiger partial charge in [-0.15, -0.1) is 22.7 Å². The van der Waals surface area contributed by atoms with E-state index in [9.17, 15) is 43.2 Å². The molecule has 8 rings (SSSR count). The number of hydrogen-bond acceptors (Lipinski definition) is 11. The Hall–Kier alpha value is -4.00. The Kier molecular flexibility index (Phi) is 14.8. The summed E-state index contributed by atoms with van der Waals surface area (Å²) in [6.07, 6.45) is -9.33. The largest absolute Gasteiger partial charge is 0.497 e. The fourth-order valence-corrected chi connectivity index (χ4v) is 12.8. The minimum absolute atomic E-state index is 0.100. The van der Waals surface area contributed by atoms with E-state index in [1.54, 1.807) is 7.11 Å². The van der Waals surface area contributed by atoms with Crippen molar-refractivity contribution in [3.05, 3.63) is 121 Å². The van der Waals surface area contributed by atoms with Crippen LogP contribution in [-0.4, -0.2) is 94.9 Å². The lowest BCUT2D eigenvalue weighted by atomic mass is 10.2. The third-order valence-corrected chi connectivity index (χ3v) is 17.3. The van der Waals surface area contributed by atoms with E-state index >= 15 is 0 Å². The van der Waals surface area contributed by atoms with Gasteiger partial charge >= 0.3 is 12.4 Å². The van der Waals surface area contributed by atoms with Crippen LogP contribution in [0.5, 0.6) is 5.75 Å². The molecule has 2 aromatic heterocycles. The van der Waals surface area contributed by atoms with E-state index in [4.69, 9.17) is 27.9 Å². The van der Waals surface area contributed by atoms with Gasteiger partial charge in [0.05, 0.1) is 39.7 Å². The maximum atomic E-state index is 13.1. The second-order valence-corrected chi connectivity index (χ2v) is 21.6. The number of methoxy groups -OCH3 is 1. The number of piperazine rings is 2. The molecule has 65 heavy (non-hydrogen) atoms. The third kappa shape index (κ3) is 11.2. The highest BCUT2D eigenvalue weighted by Gasteiger charge is 2.37. The fourth-order valence-electron chi connectivity index (χ4n) is 6.79. The van der Waals surface area contributed by atoms with Crippen molar-refractivity contribution in [3.8, 4) is 28.3 Å². The Morgan fingerprint density at radius 3 is 1.42 bits per heavy atom. The molecule has 0 bridgehead atoms. The molecule has 24 heteroatoms. The number of halogens is 9. The standard InChI is InChI=1S/C21H19ClF3N3O3S2.C20H16BrClF3N3O2S2/c1-31-16-4-2-3-14(11-16)18-13-32-20(26-18)27-7-9-28(10-8-27)33(29,30)19-12-15(21(23,24)25)5-6-17(19)22;21-15-3-1-2-13(10-15)17-12-31-19(26-17)27-6-8-28(9-7-27)32(29,30)18-11-14(20(23,24)25)4-5-16(18)22/h2-6,11-13H,7-10H2,1H3;1-5,10-12H,6-9H2. The Balaban J connectivity index is 0.000000194. The molecule has 0 atom stereocenters. The predicted octanol–water partition coefficient (Wildman–Crippen LogP) is 10.8. The van der Waals surface area contributed by atoms with Gasteiger partial charge in [0.1, 0.15) is 15.5 Å². The third-order valence-electron chi connectivity index (χ3n) is 10.2. The van der Waals surface area contributed by atoms with Crippen molar-refractivity contribution < 1.29 is 47.9 Å². The number of aromatic nitrogens is 2. The van der Waals surface area contributed by atoms with Gasteiger partial charge in [-0.25, -0.2) is 26.8 Å². The molecule has 4 aromatic carbocycles. The first-order chi connectivity index (χ1) is 30.6. The number of sulfonamides is 2. The highest BCUT2D eigenvalue weighted by Crippen LogP contribution is 2.38. The topological polar surface area (TPSA) is 116 Å². The summed E-state index contributed by atoms with van der Waals surface area (Å²) in [5.41, 5.74) is 1.34. The number of hydrogen-bond donors (Lipinski definition) is 0. The molecule has 0 radical (unpaired) electrons. The van der Waals surface area contributed by atoms with Crippen molar-refractivity contribution in [1.82, 2.24) is 18.6 Å². The zero-order valence-corrected chi connectivity index (χ0v) is 40.0. The van der Waals surface area contributed by atoms with Crippen molar-refractivity contribution in [1.29, 1.82) is 0 Å². The smallest absolute Gasteiger partial charge is 0.416 e. The highest BCUT2D eigenvalue weighted by atomic mass is 79.9. The molecule has 2 fully saturated rings. The number of rotatable bonds is 9. The van der Waals surface area contributed by atoms with Gasteiger partial charge in [-0.2, -0.15) is 35.0 Å². The Morgan fingerprint density at radius 1 is 0.600 bits per heavy atom. The molecule has 0 saturated carbocycles. The van der Waals surface area contributed by atoms with Crippen molar-refractivity contribution in [2.24, 2.45) is 0 Å². The summed E-state index contributed by atoms with van der Waals surface area (Å²) in [6.45, 7) is 1.84. The van der Waals surface area contributed by atoms with Gasteiger partial charge in [0.15, 0.2) is 10.3 Å². The monoisotopic (exact) mass is 1080 g/mol. The summed E-state index contributed by atoms with van der Waals surface area (Å²) in [5.74, 6) is 0.717. The van der Waals surface area contributed by atoms with Crippen molar-refractivity contribution in [2.45, 2.75) is 22.1 Å². The van der Waals surface area contributed by atoms with Crippen molar-refractivity contribution >= 4 is 92.1 Å². The van der Waals surface area contributed by atoms with E-state index in [0.29, 0.717) is 44.1 Å². The van der Waals surface area contributed by atoms with E-state index in [1.165, 1.54) is 22.7 Å². The highest BCUT2D eigenvalue weighted by molar-refractivity contribution is 9.10. The molecule has 0 unspecified atom stereocenters. The van der Waals surface area contributed by atoms with E-state index < -0.39 is 53.3 Å².